The summed E-state index contributed by atoms with van der Waals surface area (Å²) in [6, 6.07) is 11.4. The molecule has 1 amide bonds. The molecule has 0 bridgehead atoms. The molecule has 0 saturated carbocycles. The Morgan fingerprint density at radius 1 is 1.41 bits per heavy atom. The van der Waals surface area contributed by atoms with E-state index in [9.17, 15) is 4.79 Å². The molecular weight excluding hydrogens is 216 g/mol. The van der Waals surface area contributed by atoms with Gasteiger partial charge in [-0.15, -0.1) is 0 Å². The highest BCUT2D eigenvalue weighted by molar-refractivity contribution is 5.67. The monoisotopic (exact) mass is 232 g/mol. The molecule has 0 saturated heterocycles. The molecule has 90 valence electrons. The average Bonchev–Trinajstić information content (AvgIpc) is 2.37. The fraction of sp³-hybridized carbons (Fsp3) is 0.385. The lowest BCUT2D eigenvalue weighted by molar-refractivity contribution is 0.101. The van der Waals surface area contributed by atoms with E-state index < -0.39 is 6.09 Å². The van der Waals surface area contributed by atoms with Crippen LogP contribution in [-0.2, 0) is 11.3 Å². The predicted molar refractivity (Wildman–Crippen MR) is 64.1 cm³/mol. The Morgan fingerprint density at radius 2 is 2.12 bits per heavy atom. The fourth-order valence-electron chi connectivity index (χ4n) is 1.40. The van der Waals surface area contributed by atoms with Gasteiger partial charge in [0.1, 0.15) is 13.2 Å². The number of rotatable bonds is 5. The summed E-state index contributed by atoms with van der Waals surface area (Å²) < 4.78 is 5.13. The smallest absolute Gasteiger partial charge is 0.410 e. The first-order chi connectivity index (χ1) is 8.27. The molecule has 0 radical (unpaired) electrons. The molecule has 0 aliphatic rings. The number of hydrogen-bond acceptors (Lipinski definition) is 3. The van der Waals surface area contributed by atoms with Crippen molar-refractivity contribution in [3.8, 4) is 6.07 Å². The molecule has 17 heavy (non-hydrogen) atoms. The van der Waals surface area contributed by atoms with Gasteiger partial charge in [-0.05, 0) is 12.0 Å². The van der Waals surface area contributed by atoms with Crippen molar-refractivity contribution in [2.45, 2.75) is 20.0 Å². The van der Waals surface area contributed by atoms with Gasteiger partial charge in [-0.25, -0.2) is 4.79 Å². The van der Waals surface area contributed by atoms with Gasteiger partial charge < -0.3 is 4.74 Å². The normalized spacial score (nSPS) is 9.41. The minimum absolute atomic E-state index is 0.0709. The Labute approximate surface area is 101 Å². The van der Waals surface area contributed by atoms with Crippen molar-refractivity contribution in [1.82, 2.24) is 4.90 Å². The van der Waals surface area contributed by atoms with Gasteiger partial charge in [0, 0.05) is 6.54 Å². The molecule has 0 spiro atoms. The van der Waals surface area contributed by atoms with Crippen LogP contribution in [0.2, 0.25) is 0 Å². The van der Waals surface area contributed by atoms with Gasteiger partial charge in [0.2, 0.25) is 0 Å². The van der Waals surface area contributed by atoms with Crippen molar-refractivity contribution in [3.05, 3.63) is 35.9 Å². The van der Waals surface area contributed by atoms with Crippen molar-refractivity contribution in [1.29, 1.82) is 5.26 Å². The van der Waals surface area contributed by atoms with Crippen LogP contribution in [0.4, 0.5) is 4.79 Å². The average molecular weight is 232 g/mol. The van der Waals surface area contributed by atoms with Crippen molar-refractivity contribution in [2.24, 2.45) is 0 Å². The van der Waals surface area contributed by atoms with Crippen LogP contribution in [0.5, 0.6) is 0 Å². The molecule has 0 aliphatic carbocycles. The van der Waals surface area contributed by atoms with Crippen LogP contribution in [0.25, 0.3) is 0 Å². The highest BCUT2D eigenvalue weighted by Crippen LogP contribution is 2.03. The quantitative estimate of drug-likeness (QED) is 0.733. The topological polar surface area (TPSA) is 53.3 Å². The number of carbonyl (C=O) groups is 1. The van der Waals surface area contributed by atoms with Gasteiger partial charge in [-0.1, -0.05) is 37.3 Å². The van der Waals surface area contributed by atoms with E-state index in [4.69, 9.17) is 10.00 Å². The van der Waals surface area contributed by atoms with Crippen LogP contribution in [0, 0.1) is 11.3 Å². The molecule has 0 fully saturated rings. The molecule has 1 aromatic rings. The molecule has 1 aromatic carbocycles. The number of carbonyl (C=O) groups excluding carboxylic acids is 1. The third-order valence-electron chi connectivity index (χ3n) is 2.22. The number of nitriles is 1. The zero-order valence-corrected chi connectivity index (χ0v) is 9.93. The van der Waals surface area contributed by atoms with Crippen LogP contribution in [0.1, 0.15) is 18.9 Å². The number of ether oxygens (including phenoxy) is 1. The number of amides is 1. The molecule has 1 rings (SSSR count). The third-order valence-corrected chi connectivity index (χ3v) is 2.22. The highest BCUT2D eigenvalue weighted by atomic mass is 16.6. The maximum absolute atomic E-state index is 11.6. The van der Waals surface area contributed by atoms with Crippen molar-refractivity contribution < 1.29 is 9.53 Å². The van der Waals surface area contributed by atoms with E-state index in [0.717, 1.165) is 12.0 Å². The SMILES string of the molecule is CCCN(CC#N)C(=O)OCc1ccccc1. The first-order valence-corrected chi connectivity index (χ1v) is 5.60. The lowest BCUT2D eigenvalue weighted by Crippen LogP contribution is -2.32. The third kappa shape index (κ3) is 4.56. The lowest BCUT2D eigenvalue weighted by atomic mass is 10.2. The molecule has 0 aromatic heterocycles. The largest absolute Gasteiger partial charge is 0.445 e. The first kappa shape index (κ1) is 13.0. The van der Waals surface area contributed by atoms with Crippen LogP contribution >= 0.6 is 0 Å². The number of hydrogen-bond donors (Lipinski definition) is 0. The van der Waals surface area contributed by atoms with Crippen LogP contribution in [-0.4, -0.2) is 24.1 Å². The van der Waals surface area contributed by atoms with E-state index in [2.05, 4.69) is 0 Å². The molecule has 0 atom stereocenters. The Bertz CT molecular complexity index is 384. The minimum Gasteiger partial charge on any atom is -0.445 e. The second kappa shape index (κ2) is 7.29. The zero-order chi connectivity index (χ0) is 12.5. The maximum atomic E-state index is 11.6. The second-order valence-electron chi connectivity index (χ2n) is 3.62. The summed E-state index contributed by atoms with van der Waals surface area (Å²) in [5, 5.41) is 8.60. The van der Waals surface area contributed by atoms with E-state index in [1.54, 1.807) is 0 Å². The van der Waals surface area contributed by atoms with Gasteiger partial charge in [0.15, 0.2) is 0 Å². The predicted octanol–water partition coefficient (Wildman–Crippen LogP) is 2.56. The Morgan fingerprint density at radius 3 is 2.71 bits per heavy atom. The maximum Gasteiger partial charge on any atom is 0.410 e. The summed E-state index contributed by atoms with van der Waals surface area (Å²) in [7, 11) is 0. The van der Waals surface area contributed by atoms with E-state index in [-0.39, 0.29) is 13.2 Å². The van der Waals surface area contributed by atoms with E-state index >= 15 is 0 Å². The van der Waals surface area contributed by atoms with Gasteiger partial charge in [-0.3, -0.25) is 4.90 Å². The molecule has 0 heterocycles. The van der Waals surface area contributed by atoms with E-state index in [1.807, 2.05) is 43.3 Å². The molecule has 0 aliphatic heterocycles. The van der Waals surface area contributed by atoms with Gasteiger partial charge in [0.05, 0.1) is 6.07 Å². The van der Waals surface area contributed by atoms with Gasteiger partial charge in [-0.2, -0.15) is 5.26 Å². The summed E-state index contributed by atoms with van der Waals surface area (Å²) in [6.45, 7) is 2.81. The number of nitrogens with zero attached hydrogens (tertiary/aromatic N) is 2. The van der Waals surface area contributed by atoms with Crippen LogP contribution in [0.15, 0.2) is 30.3 Å². The Hall–Kier alpha value is -2.02. The Balaban J connectivity index is 2.45. The van der Waals surface area contributed by atoms with E-state index in [1.165, 1.54) is 4.90 Å². The molecule has 0 unspecified atom stereocenters. The first-order valence-electron chi connectivity index (χ1n) is 5.60. The highest BCUT2D eigenvalue weighted by Gasteiger charge is 2.13. The number of benzene rings is 1. The van der Waals surface area contributed by atoms with Crippen molar-refractivity contribution in [3.63, 3.8) is 0 Å². The molecule has 4 heteroatoms. The minimum atomic E-state index is -0.433. The summed E-state index contributed by atoms with van der Waals surface area (Å²) in [5.74, 6) is 0. The molecule has 0 N–H and O–H groups in total. The van der Waals surface area contributed by atoms with Crippen molar-refractivity contribution >= 4 is 6.09 Å². The summed E-state index contributed by atoms with van der Waals surface area (Å²) >= 11 is 0. The van der Waals surface area contributed by atoms with Crippen molar-refractivity contribution in [2.75, 3.05) is 13.1 Å². The van der Waals surface area contributed by atoms with Gasteiger partial charge in [0.25, 0.3) is 0 Å². The van der Waals surface area contributed by atoms with Crippen LogP contribution in [0.3, 0.4) is 0 Å². The standard InChI is InChI=1S/C13H16N2O2/c1-2-9-15(10-8-14)13(16)17-11-12-6-4-3-5-7-12/h3-7H,2,9-11H2,1H3. The molecular formula is C13H16N2O2. The van der Waals surface area contributed by atoms with Crippen LogP contribution < -0.4 is 0 Å². The fourth-order valence-corrected chi connectivity index (χ4v) is 1.40. The van der Waals surface area contributed by atoms with Gasteiger partial charge >= 0.3 is 6.09 Å². The summed E-state index contributed by atoms with van der Waals surface area (Å²) in [4.78, 5) is 13.1. The van der Waals surface area contributed by atoms with E-state index in [0.29, 0.717) is 6.54 Å². The lowest BCUT2D eigenvalue weighted by Gasteiger charge is -2.18. The summed E-state index contributed by atoms with van der Waals surface area (Å²) in [5.41, 5.74) is 0.939. The summed E-state index contributed by atoms with van der Waals surface area (Å²) in [6.07, 6.45) is 0.375. The molecule has 4 nitrogen and oxygen atoms in total. The second-order valence-corrected chi connectivity index (χ2v) is 3.62. The zero-order valence-electron chi connectivity index (χ0n) is 9.93. The Kier molecular flexibility index (Phi) is 5.59.